The van der Waals surface area contributed by atoms with Crippen molar-refractivity contribution in [2.45, 2.75) is 70.3 Å². The van der Waals surface area contributed by atoms with Crippen molar-refractivity contribution in [2.75, 3.05) is 44.2 Å². The highest BCUT2D eigenvalue weighted by molar-refractivity contribution is 5.94. The molecule has 3 saturated heterocycles. The molecule has 5 rings (SSSR count). The van der Waals surface area contributed by atoms with Gasteiger partial charge in [0.15, 0.2) is 0 Å². The summed E-state index contributed by atoms with van der Waals surface area (Å²) in [6, 6.07) is 4.96. The molecule has 1 amide bonds. The van der Waals surface area contributed by atoms with E-state index in [1.165, 1.54) is 64.5 Å². The van der Waals surface area contributed by atoms with Crippen LogP contribution in [0, 0.1) is 5.41 Å². The predicted octanol–water partition coefficient (Wildman–Crippen LogP) is 3.94. The van der Waals surface area contributed by atoms with E-state index in [4.69, 9.17) is 0 Å². The van der Waals surface area contributed by atoms with E-state index in [-0.39, 0.29) is 5.91 Å². The Morgan fingerprint density at radius 3 is 2.14 bits per heavy atom. The molecule has 0 unspecified atom stereocenters. The van der Waals surface area contributed by atoms with Gasteiger partial charge in [0, 0.05) is 38.4 Å². The molecule has 4 fully saturated rings. The van der Waals surface area contributed by atoms with Crippen molar-refractivity contribution in [3.63, 3.8) is 0 Å². The summed E-state index contributed by atoms with van der Waals surface area (Å²) in [4.78, 5) is 24.5. The van der Waals surface area contributed by atoms with Crippen LogP contribution < -0.4 is 4.90 Å². The van der Waals surface area contributed by atoms with Crippen LogP contribution in [-0.4, -0.2) is 66.0 Å². The number of carbonyl (C=O) groups is 1. The third kappa shape index (κ3) is 4.03. The highest BCUT2D eigenvalue weighted by Crippen LogP contribution is 2.43. The van der Waals surface area contributed by atoms with E-state index in [2.05, 4.69) is 20.9 Å². The van der Waals surface area contributed by atoms with Gasteiger partial charge in [0.2, 0.25) is 0 Å². The third-order valence-corrected chi connectivity index (χ3v) is 8.24. The molecule has 3 aliphatic heterocycles. The van der Waals surface area contributed by atoms with Crippen molar-refractivity contribution in [1.82, 2.24) is 14.8 Å². The third-order valence-electron chi connectivity index (χ3n) is 8.24. The smallest absolute Gasteiger partial charge is 0.255 e. The lowest BCUT2D eigenvalue weighted by Gasteiger charge is -2.50. The maximum absolute atomic E-state index is 12.7. The molecule has 0 bridgehead atoms. The fourth-order valence-corrected chi connectivity index (χ4v) is 5.80. The number of nitrogens with zero attached hydrogens (tertiary/aromatic N) is 4. The average Bonchev–Trinajstić information content (AvgIpc) is 2.75. The Balaban J connectivity index is 1.14. The molecule has 1 aliphatic carbocycles. The van der Waals surface area contributed by atoms with E-state index in [1.807, 2.05) is 11.0 Å². The average molecular weight is 397 g/mol. The second-order valence-electron chi connectivity index (χ2n) is 9.87. The Labute approximate surface area is 175 Å². The minimum absolute atomic E-state index is 0.152. The molecule has 158 valence electrons. The van der Waals surface area contributed by atoms with Gasteiger partial charge in [-0.15, -0.1) is 0 Å². The van der Waals surface area contributed by atoms with Crippen LogP contribution in [0.15, 0.2) is 18.3 Å². The lowest BCUT2D eigenvalue weighted by atomic mass is 9.70. The first kappa shape index (κ1) is 19.3. The van der Waals surface area contributed by atoms with Gasteiger partial charge in [-0.2, -0.15) is 0 Å². The Hall–Kier alpha value is -1.62. The van der Waals surface area contributed by atoms with Crippen molar-refractivity contribution in [3.05, 3.63) is 23.9 Å². The van der Waals surface area contributed by atoms with E-state index in [0.29, 0.717) is 5.41 Å². The molecule has 0 radical (unpaired) electrons. The van der Waals surface area contributed by atoms with E-state index >= 15 is 0 Å². The summed E-state index contributed by atoms with van der Waals surface area (Å²) in [5.41, 5.74) is 1.31. The maximum Gasteiger partial charge on any atom is 0.255 e. The fraction of sp³-hybridized carbons (Fsp3) is 0.750. The largest absolute Gasteiger partial charge is 0.357 e. The minimum Gasteiger partial charge on any atom is -0.357 e. The summed E-state index contributed by atoms with van der Waals surface area (Å²) in [6.07, 6.45) is 15.0. The molecule has 0 N–H and O–H groups in total. The Kier molecular flexibility index (Phi) is 5.51. The van der Waals surface area contributed by atoms with Crippen molar-refractivity contribution in [2.24, 2.45) is 5.41 Å². The standard InChI is InChI=1S/C24H36N4O/c29-23(28-13-2-1-3-14-28)20-7-8-22(25-19-20)27-17-11-24(12-18-27)9-15-26(16-10-24)21-5-4-6-21/h7-8,19,21H,1-6,9-18H2. The molecule has 5 nitrogen and oxygen atoms in total. The van der Waals surface area contributed by atoms with Gasteiger partial charge in [0.1, 0.15) is 5.82 Å². The van der Waals surface area contributed by atoms with E-state index in [0.717, 1.165) is 56.4 Å². The van der Waals surface area contributed by atoms with Crippen molar-refractivity contribution in [1.29, 1.82) is 0 Å². The highest BCUT2D eigenvalue weighted by atomic mass is 16.2. The van der Waals surface area contributed by atoms with Gasteiger partial charge in [-0.1, -0.05) is 6.42 Å². The topological polar surface area (TPSA) is 39.7 Å². The van der Waals surface area contributed by atoms with Crippen molar-refractivity contribution in [3.8, 4) is 0 Å². The van der Waals surface area contributed by atoms with Crippen LogP contribution in [0.4, 0.5) is 5.82 Å². The number of pyridine rings is 1. The molecule has 4 heterocycles. The van der Waals surface area contributed by atoms with Gasteiger partial charge in [-0.25, -0.2) is 4.98 Å². The normalized spacial score (nSPS) is 25.8. The zero-order chi connectivity index (χ0) is 19.7. The number of likely N-dealkylation sites (tertiary alicyclic amines) is 2. The van der Waals surface area contributed by atoms with Crippen molar-refractivity contribution < 1.29 is 4.79 Å². The van der Waals surface area contributed by atoms with Crippen LogP contribution in [0.2, 0.25) is 0 Å². The molecular formula is C24H36N4O. The molecule has 1 aromatic heterocycles. The second kappa shape index (κ2) is 8.25. The Bertz CT molecular complexity index is 690. The molecule has 0 atom stereocenters. The zero-order valence-electron chi connectivity index (χ0n) is 17.8. The zero-order valence-corrected chi connectivity index (χ0v) is 17.8. The monoisotopic (exact) mass is 396 g/mol. The Morgan fingerprint density at radius 1 is 0.862 bits per heavy atom. The number of carbonyl (C=O) groups excluding carboxylic acids is 1. The number of hydrogen-bond acceptors (Lipinski definition) is 4. The number of amides is 1. The second-order valence-corrected chi connectivity index (χ2v) is 9.87. The first-order valence-electron chi connectivity index (χ1n) is 12.0. The first-order chi connectivity index (χ1) is 14.2. The lowest BCUT2D eigenvalue weighted by Crippen LogP contribution is -2.51. The van der Waals surface area contributed by atoms with Crippen LogP contribution in [0.5, 0.6) is 0 Å². The number of hydrogen-bond donors (Lipinski definition) is 0. The quantitative estimate of drug-likeness (QED) is 0.776. The van der Waals surface area contributed by atoms with Crippen LogP contribution >= 0.6 is 0 Å². The van der Waals surface area contributed by atoms with E-state index in [9.17, 15) is 4.79 Å². The van der Waals surface area contributed by atoms with Crippen LogP contribution in [0.3, 0.4) is 0 Å². The number of piperidine rings is 3. The van der Waals surface area contributed by atoms with Gasteiger partial charge < -0.3 is 14.7 Å². The molecule has 29 heavy (non-hydrogen) atoms. The molecule has 5 heteroatoms. The molecule has 4 aliphatic rings. The maximum atomic E-state index is 12.7. The number of aromatic nitrogens is 1. The molecule has 1 spiro atoms. The summed E-state index contributed by atoms with van der Waals surface area (Å²) in [5, 5.41) is 0. The SMILES string of the molecule is O=C(c1ccc(N2CCC3(CC2)CCN(C2CCC2)CC3)nc1)N1CCCCC1. The summed E-state index contributed by atoms with van der Waals surface area (Å²) < 4.78 is 0. The predicted molar refractivity (Wildman–Crippen MR) is 116 cm³/mol. The summed E-state index contributed by atoms with van der Waals surface area (Å²) in [7, 11) is 0. The molecular weight excluding hydrogens is 360 g/mol. The van der Waals surface area contributed by atoms with Crippen LogP contribution in [0.1, 0.15) is 74.6 Å². The first-order valence-corrected chi connectivity index (χ1v) is 12.0. The van der Waals surface area contributed by atoms with Gasteiger partial charge in [-0.3, -0.25) is 4.79 Å². The van der Waals surface area contributed by atoms with E-state index in [1.54, 1.807) is 6.20 Å². The Morgan fingerprint density at radius 2 is 1.55 bits per heavy atom. The van der Waals surface area contributed by atoms with Gasteiger partial charge >= 0.3 is 0 Å². The summed E-state index contributed by atoms with van der Waals surface area (Å²) in [5.74, 6) is 1.20. The lowest BCUT2D eigenvalue weighted by molar-refractivity contribution is 0.0305. The molecule has 1 aromatic rings. The summed E-state index contributed by atoms with van der Waals surface area (Å²) in [6.45, 7) is 6.64. The molecule has 1 saturated carbocycles. The van der Waals surface area contributed by atoms with Crippen molar-refractivity contribution >= 4 is 11.7 Å². The summed E-state index contributed by atoms with van der Waals surface area (Å²) >= 11 is 0. The van der Waals surface area contributed by atoms with Gasteiger partial charge in [-0.05, 0) is 88.4 Å². The highest BCUT2D eigenvalue weighted by Gasteiger charge is 2.39. The van der Waals surface area contributed by atoms with Gasteiger partial charge in [0.05, 0.1) is 5.56 Å². The number of anilines is 1. The number of rotatable bonds is 3. The van der Waals surface area contributed by atoms with Crippen LogP contribution in [0.25, 0.3) is 0 Å². The van der Waals surface area contributed by atoms with E-state index < -0.39 is 0 Å². The molecule has 0 aromatic carbocycles. The van der Waals surface area contributed by atoms with Gasteiger partial charge in [0.25, 0.3) is 5.91 Å². The van der Waals surface area contributed by atoms with Crippen LogP contribution in [-0.2, 0) is 0 Å². The fourth-order valence-electron chi connectivity index (χ4n) is 5.80. The minimum atomic E-state index is 0.152.